The summed E-state index contributed by atoms with van der Waals surface area (Å²) in [5.74, 6) is 0.376. The van der Waals surface area contributed by atoms with E-state index in [-0.39, 0.29) is 5.54 Å². The molecule has 15 heavy (non-hydrogen) atoms. The SMILES string of the molecule is Oc1ccc2c(c1)CC1(CCNCC1)N2. The minimum absolute atomic E-state index is 0.251. The van der Waals surface area contributed by atoms with Gasteiger partial charge in [0, 0.05) is 11.2 Å². The topological polar surface area (TPSA) is 44.3 Å². The van der Waals surface area contributed by atoms with Gasteiger partial charge < -0.3 is 15.7 Å². The third-order valence-electron chi connectivity index (χ3n) is 3.58. The number of phenolic OH excluding ortho intramolecular Hbond substituents is 1. The zero-order valence-electron chi connectivity index (χ0n) is 8.71. The Bertz CT molecular complexity index is 383. The Labute approximate surface area is 89.5 Å². The van der Waals surface area contributed by atoms with E-state index in [9.17, 15) is 5.11 Å². The van der Waals surface area contributed by atoms with Gasteiger partial charge in [0.05, 0.1) is 0 Å². The third-order valence-corrected chi connectivity index (χ3v) is 3.58. The molecule has 1 fully saturated rings. The second-order valence-electron chi connectivity index (χ2n) is 4.67. The second kappa shape index (κ2) is 3.14. The van der Waals surface area contributed by atoms with Crippen LogP contribution in [0.1, 0.15) is 18.4 Å². The molecule has 3 heteroatoms. The number of piperidine rings is 1. The van der Waals surface area contributed by atoms with Crippen LogP contribution >= 0.6 is 0 Å². The third kappa shape index (κ3) is 1.47. The second-order valence-corrected chi connectivity index (χ2v) is 4.67. The molecule has 0 radical (unpaired) electrons. The highest BCUT2D eigenvalue weighted by Gasteiger charge is 2.37. The number of phenols is 1. The molecule has 80 valence electrons. The van der Waals surface area contributed by atoms with Gasteiger partial charge in [-0.3, -0.25) is 0 Å². The number of fused-ring (bicyclic) bond motifs is 1. The van der Waals surface area contributed by atoms with E-state index in [1.54, 1.807) is 6.07 Å². The normalized spacial score (nSPS) is 22.4. The molecular weight excluding hydrogens is 188 g/mol. The van der Waals surface area contributed by atoms with Gasteiger partial charge in [0.25, 0.3) is 0 Å². The van der Waals surface area contributed by atoms with Crippen molar-refractivity contribution in [3.05, 3.63) is 23.8 Å². The highest BCUT2D eigenvalue weighted by Crippen LogP contribution is 2.38. The molecule has 2 aliphatic rings. The van der Waals surface area contributed by atoms with Gasteiger partial charge in [0.15, 0.2) is 0 Å². The number of hydrogen-bond acceptors (Lipinski definition) is 3. The Morgan fingerprint density at radius 1 is 1.20 bits per heavy atom. The minimum Gasteiger partial charge on any atom is -0.508 e. The molecule has 0 aromatic heterocycles. The fourth-order valence-corrected chi connectivity index (χ4v) is 2.75. The number of anilines is 1. The Morgan fingerprint density at radius 2 is 2.00 bits per heavy atom. The maximum Gasteiger partial charge on any atom is 0.116 e. The maximum absolute atomic E-state index is 9.44. The molecule has 0 bridgehead atoms. The molecule has 3 nitrogen and oxygen atoms in total. The van der Waals surface area contributed by atoms with Crippen molar-refractivity contribution in [3.63, 3.8) is 0 Å². The van der Waals surface area contributed by atoms with Crippen molar-refractivity contribution in [2.24, 2.45) is 0 Å². The molecule has 1 aromatic rings. The van der Waals surface area contributed by atoms with Crippen LogP contribution in [-0.2, 0) is 6.42 Å². The lowest BCUT2D eigenvalue weighted by atomic mass is 9.86. The van der Waals surface area contributed by atoms with Crippen LogP contribution in [0.25, 0.3) is 0 Å². The summed E-state index contributed by atoms with van der Waals surface area (Å²) < 4.78 is 0. The first kappa shape index (κ1) is 9.04. The van der Waals surface area contributed by atoms with Crippen molar-refractivity contribution in [1.82, 2.24) is 5.32 Å². The summed E-state index contributed by atoms with van der Waals surface area (Å²) in [7, 11) is 0. The number of benzene rings is 1. The standard InChI is InChI=1S/C12H16N2O/c15-10-1-2-11-9(7-10)8-12(14-11)3-5-13-6-4-12/h1-2,7,13-15H,3-6,8H2. The van der Waals surface area contributed by atoms with Gasteiger partial charge in [0.2, 0.25) is 0 Å². The van der Waals surface area contributed by atoms with Crippen LogP contribution in [0.3, 0.4) is 0 Å². The monoisotopic (exact) mass is 204 g/mol. The molecule has 0 amide bonds. The molecule has 3 rings (SSSR count). The van der Waals surface area contributed by atoms with Crippen molar-refractivity contribution in [2.45, 2.75) is 24.8 Å². The summed E-state index contributed by atoms with van der Waals surface area (Å²) in [4.78, 5) is 0. The van der Waals surface area contributed by atoms with Gasteiger partial charge in [-0.2, -0.15) is 0 Å². The fraction of sp³-hybridized carbons (Fsp3) is 0.500. The van der Waals surface area contributed by atoms with E-state index in [0.29, 0.717) is 5.75 Å². The maximum atomic E-state index is 9.44. The van der Waals surface area contributed by atoms with Crippen LogP contribution in [-0.4, -0.2) is 23.7 Å². The lowest BCUT2D eigenvalue weighted by molar-refractivity contribution is 0.348. The van der Waals surface area contributed by atoms with Crippen LogP contribution in [0.15, 0.2) is 18.2 Å². The molecule has 0 aliphatic carbocycles. The summed E-state index contributed by atoms with van der Waals surface area (Å²) in [5, 5.41) is 16.5. The summed E-state index contributed by atoms with van der Waals surface area (Å²) in [6.07, 6.45) is 3.39. The van der Waals surface area contributed by atoms with Crippen molar-refractivity contribution in [2.75, 3.05) is 18.4 Å². The van der Waals surface area contributed by atoms with E-state index in [4.69, 9.17) is 0 Å². The summed E-state index contributed by atoms with van der Waals surface area (Å²) >= 11 is 0. The molecule has 3 N–H and O–H groups in total. The smallest absolute Gasteiger partial charge is 0.116 e. The van der Waals surface area contributed by atoms with Crippen LogP contribution in [0.4, 0.5) is 5.69 Å². The number of hydrogen-bond donors (Lipinski definition) is 3. The first-order chi connectivity index (χ1) is 7.27. The number of nitrogens with one attached hydrogen (secondary N) is 2. The lowest BCUT2D eigenvalue weighted by Gasteiger charge is -2.34. The Kier molecular flexibility index (Phi) is 1.89. The first-order valence-electron chi connectivity index (χ1n) is 5.58. The number of rotatable bonds is 0. The Balaban J connectivity index is 1.90. The molecule has 1 aromatic carbocycles. The molecule has 1 spiro atoms. The highest BCUT2D eigenvalue weighted by molar-refractivity contribution is 5.61. The summed E-state index contributed by atoms with van der Waals surface area (Å²) in [6.45, 7) is 2.18. The Morgan fingerprint density at radius 3 is 2.80 bits per heavy atom. The molecule has 2 aliphatic heterocycles. The fourth-order valence-electron chi connectivity index (χ4n) is 2.75. The van der Waals surface area contributed by atoms with E-state index in [0.717, 1.165) is 19.5 Å². The predicted octanol–water partition coefficient (Wildman–Crippen LogP) is 1.48. The quantitative estimate of drug-likeness (QED) is 0.561. The summed E-state index contributed by atoms with van der Waals surface area (Å²) in [6, 6.07) is 5.63. The van der Waals surface area contributed by atoms with Crippen LogP contribution in [0, 0.1) is 0 Å². The van der Waals surface area contributed by atoms with Crippen molar-refractivity contribution in [1.29, 1.82) is 0 Å². The van der Waals surface area contributed by atoms with Crippen molar-refractivity contribution in [3.8, 4) is 5.75 Å². The van der Waals surface area contributed by atoms with Gasteiger partial charge >= 0.3 is 0 Å². The first-order valence-corrected chi connectivity index (χ1v) is 5.58. The van der Waals surface area contributed by atoms with Crippen LogP contribution in [0.2, 0.25) is 0 Å². The van der Waals surface area contributed by atoms with Crippen molar-refractivity contribution < 1.29 is 5.11 Å². The zero-order valence-corrected chi connectivity index (χ0v) is 8.71. The highest BCUT2D eigenvalue weighted by atomic mass is 16.3. The molecule has 1 saturated heterocycles. The molecular formula is C12H16N2O. The molecule has 0 unspecified atom stereocenters. The van der Waals surface area contributed by atoms with Gasteiger partial charge in [0.1, 0.15) is 5.75 Å². The van der Waals surface area contributed by atoms with Gasteiger partial charge in [-0.25, -0.2) is 0 Å². The largest absolute Gasteiger partial charge is 0.508 e. The summed E-state index contributed by atoms with van der Waals surface area (Å²) in [5.41, 5.74) is 2.72. The predicted molar refractivity (Wildman–Crippen MR) is 60.3 cm³/mol. The van der Waals surface area contributed by atoms with E-state index in [1.165, 1.54) is 24.1 Å². The van der Waals surface area contributed by atoms with E-state index < -0.39 is 0 Å². The number of aromatic hydroxyl groups is 1. The van der Waals surface area contributed by atoms with E-state index in [2.05, 4.69) is 10.6 Å². The zero-order chi connectivity index (χ0) is 10.3. The Hall–Kier alpha value is -1.22. The molecule has 0 atom stereocenters. The van der Waals surface area contributed by atoms with E-state index in [1.807, 2.05) is 12.1 Å². The van der Waals surface area contributed by atoms with Gasteiger partial charge in [-0.05, 0) is 56.1 Å². The lowest BCUT2D eigenvalue weighted by Crippen LogP contribution is -2.46. The van der Waals surface area contributed by atoms with Gasteiger partial charge in [-0.1, -0.05) is 0 Å². The van der Waals surface area contributed by atoms with Crippen molar-refractivity contribution >= 4 is 5.69 Å². The average Bonchev–Trinajstić information content (AvgIpc) is 2.56. The van der Waals surface area contributed by atoms with Crippen LogP contribution < -0.4 is 10.6 Å². The molecule has 2 heterocycles. The van der Waals surface area contributed by atoms with E-state index >= 15 is 0 Å². The molecule has 0 saturated carbocycles. The van der Waals surface area contributed by atoms with Crippen LogP contribution in [0.5, 0.6) is 5.75 Å². The van der Waals surface area contributed by atoms with Gasteiger partial charge in [-0.15, -0.1) is 0 Å². The minimum atomic E-state index is 0.251. The average molecular weight is 204 g/mol.